The molecule has 0 radical (unpaired) electrons. The van der Waals surface area contributed by atoms with Crippen molar-refractivity contribution >= 4 is 21.6 Å². The van der Waals surface area contributed by atoms with Crippen LogP contribution in [0, 0.1) is 5.82 Å². The van der Waals surface area contributed by atoms with Crippen molar-refractivity contribution < 1.29 is 9.13 Å². The van der Waals surface area contributed by atoms with Crippen molar-refractivity contribution in [3.63, 3.8) is 0 Å². The quantitative estimate of drug-likeness (QED) is 0.859. The Kier molecular flexibility index (Phi) is 3.07. The highest BCUT2D eigenvalue weighted by Gasteiger charge is 2.44. The van der Waals surface area contributed by atoms with Crippen LogP contribution in [0.2, 0.25) is 0 Å². The average molecular weight is 322 g/mol. The summed E-state index contributed by atoms with van der Waals surface area (Å²) >= 11 is 3.40. The smallest absolute Gasteiger partial charge is 0.127 e. The number of nitrogens with two attached hydrogens (primary N) is 1. The Hall–Kier alpha value is -1.39. The molecule has 1 heterocycles. The van der Waals surface area contributed by atoms with Crippen LogP contribution in [0.4, 0.5) is 10.1 Å². The van der Waals surface area contributed by atoms with Gasteiger partial charge < -0.3 is 10.5 Å². The van der Waals surface area contributed by atoms with Crippen molar-refractivity contribution in [2.75, 3.05) is 18.9 Å². The summed E-state index contributed by atoms with van der Waals surface area (Å²) in [6.07, 6.45) is 0. The standard InChI is InChI=1S/C15H13BrFNO/c16-11-4-5-14(17)13(7-11)15(8-19-9-15)10-2-1-3-12(18)6-10/h1-7H,8-9,18H2. The number of rotatable bonds is 2. The predicted molar refractivity (Wildman–Crippen MR) is 76.6 cm³/mol. The Labute approximate surface area is 119 Å². The molecule has 1 aliphatic heterocycles. The predicted octanol–water partition coefficient (Wildman–Crippen LogP) is 3.49. The van der Waals surface area contributed by atoms with Crippen LogP contribution in [0.3, 0.4) is 0 Å². The van der Waals surface area contributed by atoms with Crippen molar-refractivity contribution in [2.45, 2.75) is 5.41 Å². The van der Waals surface area contributed by atoms with Gasteiger partial charge in [-0.05, 0) is 35.9 Å². The van der Waals surface area contributed by atoms with Crippen molar-refractivity contribution in [3.05, 3.63) is 63.9 Å². The highest BCUT2D eigenvalue weighted by Crippen LogP contribution is 2.41. The maximum atomic E-state index is 14.2. The van der Waals surface area contributed by atoms with E-state index >= 15 is 0 Å². The zero-order chi connectivity index (χ0) is 13.5. The number of ether oxygens (including phenoxy) is 1. The van der Waals surface area contributed by atoms with Crippen molar-refractivity contribution in [2.24, 2.45) is 0 Å². The molecule has 0 aromatic heterocycles. The number of hydrogen-bond acceptors (Lipinski definition) is 2. The minimum absolute atomic E-state index is 0.214. The van der Waals surface area contributed by atoms with Gasteiger partial charge in [0, 0.05) is 15.7 Å². The van der Waals surface area contributed by atoms with Gasteiger partial charge in [-0.15, -0.1) is 0 Å². The Morgan fingerprint density at radius 2 is 1.95 bits per heavy atom. The molecule has 0 spiro atoms. The summed E-state index contributed by atoms with van der Waals surface area (Å²) in [7, 11) is 0. The van der Waals surface area contributed by atoms with Gasteiger partial charge in [-0.1, -0.05) is 28.1 Å². The topological polar surface area (TPSA) is 35.2 Å². The van der Waals surface area contributed by atoms with Crippen LogP contribution in [0.25, 0.3) is 0 Å². The van der Waals surface area contributed by atoms with Crippen LogP contribution in [-0.2, 0) is 10.2 Å². The molecular formula is C15H13BrFNO. The van der Waals surface area contributed by atoms with E-state index < -0.39 is 5.41 Å². The van der Waals surface area contributed by atoms with E-state index in [9.17, 15) is 4.39 Å². The molecule has 3 rings (SSSR count). The summed E-state index contributed by atoms with van der Waals surface area (Å²) in [6, 6.07) is 12.6. The van der Waals surface area contributed by atoms with E-state index in [1.165, 1.54) is 6.07 Å². The lowest BCUT2D eigenvalue weighted by Gasteiger charge is -2.42. The van der Waals surface area contributed by atoms with Crippen molar-refractivity contribution in [3.8, 4) is 0 Å². The fourth-order valence-corrected chi connectivity index (χ4v) is 2.85. The molecule has 0 atom stereocenters. The maximum absolute atomic E-state index is 14.2. The van der Waals surface area contributed by atoms with Crippen LogP contribution in [0.15, 0.2) is 46.9 Å². The normalized spacial score (nSPS) is 16.9. The van der Waals surface area contributed by atoms with E-state index in [4.69, 9.17) is 10.5 Å². The van der Waals surface area contributed by atoms with Crippen molar-refractivity contribution in [1.29, 1.82) is 0 Å². The lowest BCUT2D eigenvalue weighted by molar-refractivity contribution is -0.0395. The minimum Gasteiger partial charge on any atom is -0.399 e. The number of halogens is 2. The summed E-state index contributed by atoms with van der Waals surface area (Å²) in [6.45, 7) is 0.952. The van der Waals surface area contributed by atoms with Gasteiger partial charge in [0.15, 0.2) is 0 Å². The minimum atomic E-state index is -0.427. The van der Waals surface area contributed by atoms with Gasteiger partial charge in [0.2, 0.25) is 0 Å². The van der Waals surface area contributed by atoms with Gasteiger partial charge in [0.25, 0.3) is 0 Å². The Bertz CT molecular complexity index is 625. The molecule has 1 saturated heterocycles. The Balaban J connectivity index is 2.16. The second kappa shape index (κ2) is 4.62. The van der Waals surface area contributed by atoms with Gasteiger partial charge in [0.05, 0.1) is 18.6 Å². The van der Waals surface area contributed by atoms with Gasteiger partial charge in [-0.2, -0.15) is 0 Å². The first-order chi connectivity index (χ1) is 9.12. The molecule has 1 aliphatic rings. The number of hydrogen-bond donors (Lipinski definition) is 1. The third kappa shape index (κ3) is 2.05. The van der Waals surface area contributed by atoms with Gasteiger partial charge in [0.1, 0.15) is 5.82 Å². The molecule has 0 saturated carbocycles. The first-order valence-corrected chi connectivity index (χ1v) is 6.80. The molecule has 2 aromatic carbocycles. The summed E-state index contributed by atoms with van der Waals surface area (Å²) in [5.41, 5.74) is 7.74. The van der Waals surface area contributed by atoms with Crippen molar-refractivity contribution in [1.82, 2.24) is 0 Å². The number of nitrogen functional groups attached to an aromatic ring is 1. The molecule has 1 fully saturated rings. The zero-order valence-corrected chi connectivity index (χ0v) is 11.8. The van der Waals surface area contributed by atoms with E-state index in [1.807, 2.05) is 30.3 Å². The third-order valence-electron chi connectivity index (χ3n) is 3.58. The molecule has 2 aromatic rings. The molecule has 0 bridgehead atoms. The molecule has 98 valence electrons. The van der Waals surface area contributed by atoms with E-state index in [0.29, 0.717) is 24.5 Å². The highest BCUT2D eigenvalue weighted by atomic mass is 79.9. The molecule has 0 aliphatic carbocycles. The van der Waals surface area contributed by atoms with Gasteiger partial charge in [-0.3, -0.25) is 0 Å². The van der Waals surface area contributed by atoms with Crippen LogP contribution in [0.1, 0.15) is 11.1 Å². The largest absolute Gasteiger partial charge is 0.399 e. The van der Waals surface area contributed by atoms with Crippen LogP contribution >= 0.6 is 15.9 Å². The third-order valence-corrected chi connectivity index (χ3v) is 4.07. The van der Waals surface area contributed by atoms with Crippen LogP contribution < -0.4 is 5.73 Å². The summed E-state index contributed by atoms with van der Waals surface area (Å²) in [4.78, 5) is 0. The summed E-state index contributed by atoms with van der Waals surface area (Å²) < 4.78 is 20.4. The Morgan fingerprint density at radius 1 is 1.16 bits per heavy atom. The molecule has 2 nitrogen and oxygen atoms in total. The second-order valence-corrected chi connectivity index (χ2v) is 5.74. The Morgan fingerprint density at radius 3 is 2.58 bits per heavy atom. The van der Waals surface area contributed by atoms with Gasteiger partial charge in [-0.25, -0.2) is 4.39 Å². The summed E-state index contributed by atoms with van der Waals surface area (Å²) in [5.74, 6) is -0.214. The molecule has 0 unspecified atom stereocenters. The van der Waals surface area contributed by atoms with E-state index in [2.05, 4.69) is 15.9 Å². The zero-order valence-electron chi connectivity index (χ0n) is 10.2. The maximum Gasteiger partial charge on any atom is 0.127 e. The lowest BCUT2D eigenvalue weighted by atomic mass is 9.72. The molecule has 0 amide bonds. The summed E-state index contributed by atoms with van der Waals surface area (Å²) in [5, 5.41) is 0. The van der Waals surface area contributed by atoms with E-state index in [0.717, 1.165) is 10.0 Å². The first-order valence-electron chi connectivity index (χ1n) is 6.01. The fourth-order valence-electron chi connectivity index (χ4n) is 2.48. The van der Waals surface area contributed by atoms with Crippen LogP contribution in [-0.4, -0.2) is 13.2 Å². The number of anilines is 1. The molecule has 19 heavy (non-hydrogen) atoms. The highest BCUT2D eigenvalue weighted by molar-refractivity contribution is 9.10. The second-order valence-electron chi connectivity index (χ2n) is 4.82. The van der Waals surface area contributed by atoms with E-state index in [1.54, 1.807) is 6.07 Å². The molecular weight excluding hydrogens is 309 g/mol. The number of benzene rings is 2. The fraction of sp³-hybridized carbons (Fsp3) is 0.200. The molecule has 2 N–H and O–H groups in total. The van der Waals surface area contributed by atoms with Gasteiger partial charge >= 0.3 is 0 Å². The SMILES string of the molecule is Nc1cccc(C2(c3cc(Br)ccc3F)COC2)c1. The molecule has 4 heteroatoms. The van der Waals surface area contributed by atoms with Crippen LogP contribution in [0.5, 0.6) is 0 Å². The lowest BCUT2D eigenvalue weighted by Crippen LogP contribution is -2.48. The average Bonchev–Trinajstić information content (AvgIpc) is 2.32. The monoisotopic (exact) mass is 321 g/mol. The first kappa shape index (κ1) is 12.6. The van der Waals surface area contributed by atoms with E-state index in [-0.39, 0.29) is 5.82 Å².